The largest absolute Gasteiger partial charge is 0.496 e. The van der Waals surface area contributed by atoms with E-state index in [0.717, 1.165) is 42.9 Å². The van der Waals surface area contributed by atoms with Gasteiger partial charge in [0, 0.05) is 25.8 Å². The Balaban J connectivity index is 0.000000465. The van der Waals surface area contributed by atoms with Crippen molar-refractivity contribution in [3.63, 3.8) is 0 Å². The zero-order chi connectivity index (χ0) is 31.0. The average Bonchev–Trinajstić information content (AvgIpc) is 3.60. The van der Waals surface area contributed by atoms with Gasteiger partial charge in [-0.05, 0) is 69.7 Å². The molecule has 2 N–H and O–H groups in total. The van der Waals surface area contributed by atoms with Crippen LogP contribution in [-0.4, -0.2) is 56.6 Å². The number of aliphatic hydroxyl groups is 1. The normalized spacial score (nSPS) is 13.6. The van der Waals surface area contributed by atoms with Crippen molar-refractivity contribution in [3.8, 4) is 17.3 Å². The third kappa shape index (κ3) is 6.77. The van der Waals surface area contributed by atoms with Gasteiger partial charge in [0.15, 0.2) is 0 Å². The van der Waals surface area contributed by atoms with E-state index in [2.05, 4.69) is 4.98 Å². The second-order valence-electron chi connectivity index (χ2n) is 10.5. The van der Waals surface area contributed by atoms with Crippen molar-refractivity contribution in [1.29, 1.82) is 0 Å². The lowest BCUT2D eigenvalue weighted by Gasteiger charge is -2.21. The van der Waals surface area contributed by atoms with Crippen molar-refractivity contribution in [2.24, 2.45) is 7.05 Å². The molecule has 0 amide bonds. The molecule has 42 heavy (non-hydrogen) atoms. The van der Waals surface area contributed by atoms with Crippen LogP contribution in [0, 0.1) is 6.92 Å². The fourth-order valence-corrected chi connectivity index (χ4v) is 5.04. The Morgan fingerprint density at radius 1 is 1.14 bits per heavy atom. The lowest BCUT2D eigenvalue weighted by Crippen LogP contribution is -2.36. The van der Waals surface area contributed by atoms with Crippen molar-refractivity contribution < 1.29 is 28.9 Å². The number of oxazole rings is 1. The van der Waals surface area contributed by atoms with Crippen LogP contribution in [0.1, 0.15) is 62.9 Å². The molecule has 228 valence electrons. The standard InChI is InChI=1S/C25H27N3O5.C5H10O2.C2H6/c1-15-20(21-26-12-13-33-21)27(4)22-17(11-10-16-8-6-7-9-19(16)32-5)14-18(23(29)28(15)22)25(2,3)24(30)31;6-5-1-3-7-4-2-5;1-2/h6-9,12-14H,10-11H2,1-5H3,(H,30,31);5-6H,1-4H2;1-2H3. The Hall–Kier alpha value is -3.89. The van der Waals surface area contributed by atoms with E-state index in [4.69, 9.17) is 19.0 Å². The summed E-state index contributed by atoms with van der Waals surface area (Å²) in [5.74, 6) is 0.126. The minimum atomic E-state index is -1.36. The van der Waals surface area contributed by atoms with Crippen LogP contribution in [0.2, 0.25) is 0 Å². The maximum absolute atomic E-state index is 13.6. The number of hydrogen-bond acceptors (Lipinski definition) is 7. The van der Waals surface area contributed by atoms with Crippen molar-refractivity contribution in [2.45, 2.75) is 71.8 Å². The molecule has 0 radical (unpaired) electrons. The summed E-state index contributed by atoms with van der Waals surface area (Å²) in [7, 11) is 3.49. The van der Waals surface area contributed by atoms with Crippen LogP contribution < -0.4 is 10.3 Å². The summed E-state index contributed by atoms with van der Waals surface area (Å²) in [5.41, 5.74) is 2.39. The van der Waals surface area contributed by atoms with Gasteiger partial charge < -0.3 is 28.7 Å². The van der Waals surface area contributed by atoms with Crippen LogP contribution >= 0.6 is 0 Å². The number of aliphatic carboxylic acids is 1. The summed E-state index contributed by atoms with van der Waals surface area (Å²) in [6, 6.07) is 9.52. The SMILES string of the molecule is CC.COc1ccccc1CCc1cc(C(C)(C)C(=O)O)c(=O)n2c(C)c(-c3ncco3)n(C)c12.OC1CCOCC1. The maximum Gasteiger partial charge on any atom is 0.313 e. The fraction of sp³-hybridized carbons (Fsp3) is 0.469. The van der Waals surface area contributed by atoms with Gasteiger partial charge in [0.25, 0.3) is 5.56 Å². The molecule has 10 heteroatoms. The van der Waals surface area contributed by atoms with Crippen LogP contribution in [0.5, 0.6) is 5.75 Å². The van der Waals surface area contributed by atoms with Gasteiger partial charge in [-0.25, -0.2) is 4.98 Å². The minimum absolute atomic E-state index is 0.0891. The number of aliphatic hydroxyl groups excluding tert-OH is 1. The van der Waals surface area contributed by atoms with E-state index in [1.165, 1.54) is 6.26 Å². The highest BCUT2D eigenvalue weighted by atomic mass is 16.5. The number of methoxy groups -OCH3 is 1. The quantitative estimate of drug-likeness (QED) is 0.314. The number of imidazole rings is 1. The highest BCUT2D eigenvalue weighted by Gasteiger charge is 2.34. The number of aromatic nitrogens is 3. The van der Waals surface area contributed by atoms with Gasteiger partial charge in [0.05, 0.1) is 30.5 Å². The van der Waals surface area contributed by atoms with Gasteiger partial charge in [0.1, 0.15) is 23.4 Å². The number of fused-ring (bicyclic) bond motifs is 1. The van der Waals surface area contributed by atoms with Crippen LogP contribution in [0.25, 0.3) is 17.2 Å². The molecule has 0 aliphatic carbocycles. The summed E-state index contributed by atoms with van der Waals surface area (Å²) in [5, 5.41) is 18.7. The van der Waals surface area contributed by atoms with Gasteiger partial charge in [-0.2, -0.15) is 0 Å². The van der Waals surface area contributed by atoms with Crippen LogP contribution in [0.15, 0.2) is 52.0 Å². The first-order valence-electron chi connectivity index (χ1n) is 14.3. The fourth-order valence-electron chi connectivity index (χ4n) is 5.04. The minimum Gasteiger partial charge on any atom is -0.496 e. The first-order valence-corrected chi connectivity index (χ1v) is 14.3. The predicted octanol–water partition coefficient (Wildman–Crippen LogP) is 4.94. The Morgan fingerprint density at radius 3 is 2.33 bits per heavy atom. The lowest BCUT2D eigenvalue weighted by molar-refractivity contribution is -0.142. The molecule has 0 unspecified atom stereocenters. The molecule has 1 fully saturated rings. The monoisotopic (exact) mass is 581 g/mol. The highest BCUT2D eigenvalue weighted by molar-refractivity contribution is 5.80. The van der Waals surface area contributed by atoms with Gasteiger partial charge >= 0.3 is 5.97 Å². The molecular weight excluding hydrogens is 538 g/mol. The number of carboxylic acids is 1. The number of hydrogen-bond donors (Lipinski definition) is 2. The van der Waals surface area contributed by atoms with Gasteiger partial charge in [-0.1, -0.05) is 32.0 Å². The third-order valence-electron chi connectivity index (χ3n) is 7.47. The number of benzene rings is 1. The summed E-state index contributed by atoms with van der Waals surface area (Å²) in [6.07, 6.45) is 5.82. The number of rotatable bonds is 7. The summed E-state index contributed by atoms with van der Waals surface area (Å²) < 4.78 is 19.5. The number of carbonyl (C=O) groups is 1. The van der Waals surface area contributed by atoms with Crippen molar-refractivity contribution in [2.75, 3.05) is 20.3 Å². The number of aryl methyl sites for hydroxylation is 4. The van der Waals surface area contributed by atoms with E-state index in [1.54, 1.807) is 37.6 Å². The molecule has 10 nitrogen and oxygen atoms in total. The molecule has 0 spiro atoms. The Labute approximate surface area is 246 Å². The second kappa shape index (κ2) is 14.3. The number of ether oxygens (including phenoxy) is 2. The number of pyridine rings is 1. The van der Waals surface area contributed by atoms with Gasteiger partial charge in [0.2, 0.25) is 5.89 Å². The van der Waals surface area contributed by atoms with Crippen LogP contribution in [0.4, 0.5) is 0 Å². The number of carboxylic acid groups (broad SMARTS) is 1. The Kier molecular flexibility index (Phi) is 11.1. The van der Waals surface area contributed by atoms with E-state index in [-0.39, 0.29) is 17.2 Å². The number of para-hydroxylation sites is 1. The molecule has 0 saturated carbocycles. The van der Waals surface area contributed by atoms with E-state index >= 15 is 0 Å². The van der Waals surface area contributed by atoms with Gasteiger partial charge in [-0.3, -0.25) is 14.0 Å². The van der Waals surface area contributed by atoms with Crippen LogP contribution in [0.3, 0.4) is 0 Å². The zero-order valence-corrected chi connectivity index (χ0v) is 25.6. The summed E-state index contributed by atoms with van der Waals surface area (Å²) in [4.78, 5) is 29.9. The second-order valence-corrected chi connectivity index (χ2v) is 10.5. The first-order chi connectivity index (χ1) is 20.1. The molecule has 1 aliphatic rings. The molecule has 1 aliphatic heterocycles. The molecule has 1 aromatic carbocycles. The van der Waals surface area contributed by atoms with E-state index < -0.39 is 11.4 Å². The van der Waals surface area contributed by atoms with Crippen LogP contribution in [-0.2, 0) is 34.8 Å². The predicted molar refractivity (Wildman–Crippen MR) is 161 cm³/mol. The van der Waals surface area contributed by atoms with E-state index in [0.29, 0.717) is 35.8 Å². The van der Waals surface area contributed by atoms with Crippen molar-refractivity contribution in [3.05, 3.63) is 75.5 Å². The van der Waals surface area contributed by atoms with Crippen molar-refractivity contribution >= 4 is 11.6 Å². The van der Waals surface area contributed by atoms with Crippen molar-refractivity contribution in [1.82, 2.24) is 14.0 Å². The summed E-state index contributed by atoms with van der Waals surface area (Å²) >= 11 is 0. The van der Waals surface area contributed by atoms with Gasteiger partial charge in [-0.15, -0.1) is 0 Å². The molecule has 0 bridgehead atoms. The lowest BCUT2D eigenvalue weighted by atomic mass is 9.84. The molecular formula is C32H43N3O7. The first kappa shape index (κ1) is 32.6. The average molecular weight is 582 g/mol. The summed E-state index contributed by atoms with van der Waals surface area (Å²) in [6.45, 7) is 10.4. The molecule has 1 saturated heterocycles. The third-order valence-corrected chi connectivity index (χ3v) is 7.47. The smallest absolute Gasteiger partial charge is 0.313 e. The molecule has 4 heterocycles. The molecule has 3 aromatic heterocycles. The Bertz CT molecular complexity index is 1530. The molecule has 0 atom stereocenters. The van der Waals surface area contributed by atoms with E-state index in [1.807, 2.05) is 56.7 Å². The number of nitrogens with zero attached hydrogens (tertiary/aromatic N) is 3. The topological polar surface area (TPSA) is 128 Å². The van der Waals surface area contributed by atoms with E-state index in [9.17, 15) is 14.7 Å². The Morgan fingerprint density at radius 2 is 1.79 bits per heavy atom. The molecule has 4 aromatic rings. The maximum atomic E-state index is 13.6. The molecule has 5 rings (SSSR count). The highest BCUT2D eigenvalue weighted by Crippen LogP contribution is 2.30. The zero-order valence-electron chi connectivity index (χ0n) is 25.6.